The summed E-state index contributed by atoms with van der Waals surface area (Å²) < 4.78 is 11.5. The van der Waals surface area contributed by atoms with Crippen molar-refractivity contribution >= 4 is 11.3 Å². The first-order chi connectivity index (χ1) is 10.4. The zero-order valence-corrected chi connectivity index (χ0v) is 13.0. The second-order valence-corrected chi connectivity index (χ2v) is 6.27. The highest BCUT2D eigenvalue weighted by Gasteiger charge is 2.10. The van der Waals surface area contributed by atoms with E-state index in [4.69, 9.17) is 9.47 Å². The average molecular weight is 303 g/mol. The first kappa shape index (κ1) is 14.4. The summed E-state index contributed by atoms with van der Waals surface area (Å²) >= 11 is 1.71. The number of benzene rings is 1. The van der Waals surface area contributed by atoms with Crippen molar-refractivity contribution in [3.8, 4) is 11.5 Å². The highest BCUT2D eigenvalue weighted by molar-refractivity contribution is 7.09. The maximum Gasteiger partial charge on any atom is 0.122 e. The van der Waals surface area contributed by atoms with Gasteiger partial charge in [0.2, 0.25) is 0 Å². The quantitative estimate of drug-likeness (QED) is 0.776. The Morgan fingerprint density at radius 2 is 1.67 bits per heavy atom. The third kappa shape index (κ3) is 4.48. The lowest BCUT2D eigenvalue weighted by molar-refractivity contribution is 0.237. The third-order valence-corrected chi connectivity index (χ3v) is 4.51. The molecule has 2 heterocycles. The molecule has 112 valence electrons. The fourth-order valence-electron chi connectivity index (χ4n) is 2.48. The zero-order valence-electron chi connectivity index (χ0n) is 12.2. The van der Waals surface area contributed by atoms with Gasteiger partial charge in [0, 0.05) is 11.4 Å². The first-order valence-corrected chi connectivity index (χ1v) is 8.38. The largest absolute Gasteiger partial charge is 0.492 e. The molecule has 0 N–H and O–H groups in total. The summed E-state index contributed by atoms with van der Waals surface area (Å²) in [6, 6.07) is 12.0. The molecule has 2 aromatic rings. The Bertz CT molecular complexity index is 518. The van der Waals surface area contributed by atoms with Gasteiger partial charge in [-0.3, -0.25) is 4.90 Å². The molecule has 1 aliphatic heterocycles. The molecule has 3 rings (SSSR count). The zero-order chi connectivity index (χ0) is 14.3. The molecular formula is C17H21NO2S. The number of ether oxygens (including phenoxy) is 2. The van der Waals surface area contributed by atoms with Gasteiger partial charge in [0.25, 0.3) is 0 Å². The predicted molar refractivity (Wildman–Crippen MR) is 86.3 cm³/mol. The molecular weight excluding hydrogens is 282 g/mol. The molecule has 1 fully saturated rings. The fraction of sp³-hybridized carbons (Fsp3) is 0.412. The summed E-state index contributed by atoms with van der Waals surface area (Å²) in [6.45, 7) is 4.86. The molecule has 0 radical (unpaired) electrons. The molecule has 1 saturated heterocycles. The van der Waals surface area contributed by atoms with Crippen LogP contribution in [0.15, 0.2) is 41.8 Å². The summed E-state index contributed by atoms with van der Waals surface area (Å²) in [6.07, 6.45) is 2.66. The molecule has 0 unspecified atom stereocenters. The molecule has 4 heteroatoms. The molecule has 1 aromatic heterocycles. The molecule has 0 atom stereocenters. The number of hydrogen-bond acceptors (Lipinski definition) is 4. The Balaban J connectivity index is 1.40. The van der Waals surface area contributed by atoms with Gasteiger partial charge in [0.05, 0.1) is 0 Å². The summed E-state index contributed by atoms with van der Waals surface area (Å²) in [7, 11) is 0. The average Bonchev–Trinajstić information content (AvgIpc) is 3.20. The lowest BCUT2D eigenvalue weighted by Crippen LogP contribution is -2.25. The van der Waals surface area contributed by atoms with Crippen LogP contribution >= 0.6 is 11.3 Å². The van der Waals surface area contributed by atoms with Crippen molar-refractivity contribution in [2.45, 2.75) is 19.4 Å². The van der Waals surface area contributed by atoms with E-state index in [1.165, 1.54) is 30.8 Å². The summed E-state index contributed by atoms with van der Waals surface area (Å²) in [5.74, 6) is 1.80. The number of hydrogen-bond donors (Lipinski definition) is 0. The van der Waals surface area contributed by atoms with Crippen LogP contribution < -0.4 is 9.47 Å². The van der Waals surface area contributed by atoms with Crippen molar-refractivity contribution in [1.29, 1.82) is 0 Å². The van der Waals surface area contributed by atoms with Gasteiger partial charge in [0.1, 0.15) is 24.7 Å². The van der Waals surface area contributed by atoms with E-state index in [1.807, 2.05) is 30.3 Å². The smallest absolute Gasteiger partial charge is 0.122 e. The SMILES string of the molecule is c1csc(COc2ccc(OCCN3CCCC3)cc2)c1. The van der Waals surface area contributed by atoms with Gasteiger partial charge >= 0.3 is 0 Å². The minimum absolute atomic E-state index is 0.632. The van der Waals surface area contributed by atoms with E-state index in [9.17, 15) is 0 Å². The minimum Gasteiger partial charge on any atom is -0.492 e. The van der Waals surface area contributed by atoms with Crippen LogP contribution in [0.1, 0.15) is 17.7 Å². The topological polar surface area (TPSA) is 21.7 Å². The van der Waals surface area contributed by atoms with Crippen LogP contribution in [0.3, 0.4) is 0 Å². The van der Waals surface area contributed by atoms with Crippen LogP contribution in [0.4, 0.5) is 0 Å². The molecule has 0 saturated carbocycles. The van der Waals surface area contributed by atoms with Gasteiger partial charge < -0.3 is 9.47 Å². The van der Waals surface area contributed by atoms with Crippen molar-refractivity contribution in [3.05, 3.63) is 46.7 Å². The molecule has 0 amide bonds. The number of nitrogens with zero attached hydrogens (tertiary/aromatic N) is 1. The molecule has 0 spiro atoms. The Labute approximate surface area is 130 Å². The van der Waals surface area contributed by atoms with E-state index in [1.54, 1.807) is 11.3 Å². The maximum atomic E-state index is 5.78. The van der Waals surface area contributed by atoms with Crippen LogP contribution in [0.2, 0.25) is 0 Å². The van der Waals surface area contributed by atoms with E-state index in [0.717, 1.165) is 24.7 Å². The Hall–Kier alpha value is -1.52. The van der Waals surface area contributed by atoms with Crippen molar-refractivity contribution in [1.82, 2.24) is 4.90 Å². The number of thiophene rings is 1. The third-order valence-electron chi connectivity index (χ3n) is 3.66. The molecule has 1 aromatic carbocycles. The Morgan fingerprint density at radius 1 is 0.952 bits per heavy atom. The van der Waals surface area contributed by atoms with E-state index in [2.05, 4.69) is 16.3 Å². The van der Waals surface area contributed by atoms with Crippen LogP contribution in [0, 0.1) is 0 Å². The van der Waals surface area contributed by atoms with Gasteiger partial charge in [-0.25, -0.2) is 0 Å². The van der Waals surface area contributed by atoms with Crippen LogP contribution in [-0.2, 0) is 6.61 Å². The second-order valence-electron chi connectivity index (χ2n) is 5.24. The van der Waals surface area contributed by atoms with Crippen LogP contribution in [0.5, 0.6) is 11.5 Å². The summed E-state index contributed by atoms with van der Waals surface area (Å²) in [5.41, 5.74) is 0. The highest BCUT2D eigenvalue weighted by atomic mass is 32.1. The van der Waals surface area contributed by atoms with Crippen molar-refractivity contribution in [3.63, 3.8) is 0 Å². The number of rotatable bonds is 7. The standard InChI is InChI=1S/C17H21NO2S/c1-2-10-18(9-1)11-12-19-15-5-7-16(8-6-15)20-14-17-4-3-13-21-17/h3-8,13H,1-2,9-12,14H2. The van der Waals surface area contributed by atoms with Gasteiger partial charge in [0.15, 0.2) is 0 Å². The Morgan fingerprint density at radius 3 is 2.33 bits per heavy atom. The molecule has 0 aliphatic carbocycles. The first-order valence-electron chi connectivity index (χ1n) is 7.50. The van der Waals surface area contributed by atoms with E-state index < -0.39 is 0 Å². The molecule has 1 aliphatic rings. The molecule has 0 bridgehead atoms. The number of likely N-dealkylation sites (tertiary alicyclic amines) is 1. The Kier molecular flexibility index (Phi) is 5.13. The van der Waals surface area contributed by atoms with Crippen molar-refractivity contribution in [2.75, 3.05) is 26.2 Å². The van der Waals surface area contributed by atoms with Crippen molar-refractivity contribution in [2.24, 2.45) is 0 Å². The summed E-state index contributed by atoms with van der Waals surface area (Å²) in [5, 5.41) is 2.07. The minimum atomic E-state index is 0.632. The lowest BCUT2D eigenvalue weighted by Gasteiger charge is -2.15. The second kappa shape index (κ2) is 7.48. The van der Waals surface area contributed by atoms with Crippen LogP contribution in [0.25, 0.3) is 0 Å². The van der Waals surface area contributed by atoms with Gasteiger partial charge in [-0.2, -0.15) is 0 Å². The van der Waals surface area contributed by atoms with Gasteiger partial charge in [-0.1, -0.05) is 6.07 Å². The fourth-order valence-corrected chi connectivity index (χ4v) is 3.10. The molecule has 21 heavy (non-hydrogen) atoms. The monoisotopic (exact) mass is 303 g/mol. The summed E-state index contributed by atoms with van der Waals surface area (Å²) in [4.78, 5) is 3.69. The van der Waals surface area contributed by atoms with Gasteiger partial charge in [-0.05, 0) is 61.6 Å². The predicted octanol–water partition coefficient (Wildman–Crippen LogP) is 3.80. The van der Waals surface area contributed by atoms with E-state index >= 15 is 0 Å². The van der Waals surface area contributed by atoms with E-state index in [0.29, 0.717) is 6.61 Å². The van der Waals surface area contributed by atoms with Gasteiger partial charge in [-0.15, -0.1) is 11.3 Å². The normalized spacial score (nSPS) is 15.2. The van der Waals surface area contributed by atoms with E-state index in [-0.39, 0.29) is 0 Å². The highest BCUT2D eigenvalue weighted by Crippen LogP contribution is 2.20. The lowest BCUT2D eigenvalue weighted by atomic mass is 10.3. The van der Waals surface area contributed by atoms with Crippen molar-refractivity contribution < 1.29 is 9.47 Å². The maximum absolute atomic E-state index is 5.78. The molecule has 3 nitrogen and oxygen atoms in total. The van der Waals surface area contributed by atoms with Crippen LogP contribution in [-0.4, -0.2) is 31.1 Å².